The Balaban J connectivity index is 0.00000288. The fraction of sp³-hybridized carbons (Fsp3) is 0.875. The zero-order chi connectivity index (χ0) is 16.5. The topological polar surface area (TPSA) is 57.2 Å². The molecule has 0 aromatic carbocycles. The summed E-state index contributed by atoms with van der Waals surface area (Å²) < 4.78 is 5.51. The van der Waals surface area contributed by atoms with Crippen molar-refractivity contribution in [1.29, 1.82) is 0 Å². The third-order valence-electron chi connectivity index (χ3n) is 4.20. The summed E-state index contributed by atoms with van der Waals surface area (Å²) in [5.74, 6) is 2.30. The van der Waals surface area contributed by atoms with Crippen LogP contribution in [0.4, 0.5) is 0 Å². The number of carbonyl (C=O) groups excluding carboxylic acids is 1. The van der Waals surface area contributed by atoms with Crippen LogP contribution in [0, 0.1) is 0 Å². The van der Waals surface area contributed by atoms with E-state index in [1.807, 2.05) is 16.7 Å². The van der Waals surface area contributed by atoms with Crippen molar-refractivity contribution in [3.05, 3.63) is 0 Å². The highest BCUT2D eigenvalue weighted by Crippen LogP contribution is 2.16. The molecule has 1 unspecified atom stereocenters. The first-order valence-electron chi connectivity index (χ1n) is 8.68. The van der Waals surface area contributed by atoms with E-state index in [0.717, 1.165) is 76.9 Å². The normalized spacial score (nSPS) is 21.6. The fourth-order valence-corrected chi connectivity index (χ4v) is 3.35. The van der Waals surface area contributed by atoms with Gasteiger partial charge in [0.15, 0.2) is 5.96 Å². The van der Waals surface area contributed by atoms with Crippen molar-refractivity contribution < 1.29 is 9.53 Å². The maximum atomic E-state index is 12.4. The van der Waals surface area contributed by atoms with Crippen LogP contribution >= 0.6 is 35.7 Å². The third kappa shape index (κ3) is 6.59. The van der Waals surface area contributed by atoms with Gasteiger partial charge in [-0.2, -0.15) is 11.8 Å². The summed E-state index contributed by atoms with van der Waals surface area (Å²) in [4.78, 5) is 21.3. The number of halogens is 1. The molecule has 0 bridgehead atoms. The molecule has 8 heteroatoms. The van der Waals surface area contributed by atoms with Gasteiger partial charge < -0.3 is 19.9 Å². The van der Waals surface area contributed by atoms with Crippen LogP contribution in [0.5, 0.6) is 0 Å². The number of hydrogen-bond donors (Lipinski definition) is 1. The Kier molecular flexibility index (Phi) is 11.1. The molecule has 0 aliphatic carbocycles. The van der Waals surface area contributed by atoms with Gasteiger partial charge in [0.1, 0.15) is 6.10 Å². The van der Waals surface area contributed by atoms with E-state index in [2.05, 4.69) is 23.4 Å². The Morgan fingerprint density at radius 1 is 1.29 bits per heavy atom. The van der Waals surface area contributed by atoms with E-state index in [1.165, 1.54) is 0 Å². The van der Waals surface area contributed by atoms with Crippen molar-refractivity contribution in [1.82, 2.24) is 15.1 Å². The molecule has 0 spiro atoms. The summed E-state index contributed by atoms with van der Waals surface area (Å²) >= 11 is 1.86. The number of nitrogens with zero attached hydrogens (tertiary/aromatic N) is 3. The molecule has 1 atom stereocenters. The highest BCUT2D eigenvalue weighted by molar-refractivity contribution is 14.0. The average molecular weight is 470 g/mol. The number of guanidine groups is 1. The Bertz CT molecular complexity index is 398. The Morgan fingerprint density at radius 2 is 2.00 bits per heavy atom. The maximum absolute atomic E-state index is 12.4. The van der Waals surface area contributed by atoms with Crippen LogP contribution in [0.1, 0.15) is 26.2 Å². The number of aliphatic imine (C=N–C) groups is 1. The molecule has 24 heavy (non-hydrogen) atoms. The lowest BCUT2D eigenvalue weighted by Gasteiger charge is -2.37. The first-order valence-corrected chi connectivity index (χ1v) is 10.1. The summed E-state index contributed by atoms with van der Waals surface area (Å²) in [5.41, 5.74) is 0. The van der Waals surface area contributed by atoms with Gasteiger partial charge in [-0.25, -0.2) is 0 Å². The molecular formula is C16H31IN4O2S. The minimum absolute atomic E-state index is 0. The van der Waals surface area contributed by atoms with Gasteiger partial charge in [-0.1, -0.05) is 0 Å². The second-order valence-electron chi connectivity index (χ2n) is 5.90. The van der Waals surface area contributed by atoms with Crippen LogP contribution in [0.3, 0.4) is 0 Å². The number of carbonyl (C=O) groups is 1. The van der Waals surface area contributed by atoms with Crippen molar-refractivity contribution in [3.8, 4) is 0 Å². The van der Waals surface area contributed by atoms with E-state index < -0.39 is 0 Å². The van der Waals surface area contributed by atoms with E-state index in [4.69, 9.17) is 9.73 Å². The molecule has 0 aromatic heterocycles. The van der Waals surface area contributed by atoms with Gasteiger partial charge in [-0.3, -0.25) is 9.79 Å². The quantitative estimate of drug-likeness (QED) is 0.277. The first kappa shape index (κ1) is 21.8. The predicted molar refractivity (Wildman–Crippen MR) is 112 cm³/mol. The van der Waals surface area contributed by atoms with Crippen LogP contribution in [0.25, 0.3) is 0 Å². The molecule has 0 aromatic rings. The number of nitrogens with one attached hydrogen (secondary N) is 1. The van der Waals surface area contributed by atoms with E-state index in [9.17, 15) is 4.79 Å². The second kappa shape index (κ2) is 12.2. The van der Waals surface area contributed by atoms with Crippen molar-refractivity contribution in [2.24, 2.45) is 4.99 Å². The highest BCUT2D eigenvalue weighted by Gasteiger charge is 2.30. The Labute approximate surface area is 167 Å². The van der Waals surface area contributed by atoms with E-state index in [1.54, 1.807) is 0 Å². The zero-order valence-electron chi connectivity index (χ0n) is 14.8. The number of ether oxygens (including phenoxy) is 1. The fourth-order valence-electron chi connectivity index (χ4n) is 2.93. The van der Waals surface area contributed by atoms with Gasteiger partial charge >= 0.3 is 0 Å². The highest BCUT2D eigenvalue weighted by atomic mass is 127. The summed E-state index contributed by atoms with van der Waals surface area (Å²) in [6, 6.07) is 0. The van der Waals surface area contributed by atoms with Gasteiger partial charge in [0.25, 0.3) is 5.91 Å². The Hall–Kier alpha value is -0.220. The number of rotatable bonds is 6. The molecule has 6 nitrogen and oxygen atoms in total. The van der Waals surface area contributed by atoms with E-state index >= 15 is 0 Å². The maximum Gasteiger partial charge on any atom is 0.251 e. The lowest BCUT2D eigenvalue weighted by atomic mass is 10.2. The third-order valence-corrected chi connectivity index (χ3v) is 4.90. The number of thioether (sulfide) groups is 1. The summed E-state index contributed by atoms with van der Waals surface area (Å²) in [7, 11) is 0. The predicted octanol–water partition coefficient (Wildman–Crippen LogP) is 1.65. The van der Waals surface area contributed by atoms with Gasteiger partial charge in [0.2, 0.25) is 0 Å². The van der Waals surface area contributed by atoms with Crippen LogP contribution in [-0.2, 0) is 9.53 Å². The van der Waals surface area contributed by atoms with Crippen LogP contribution in [0.15, 0.2) is 4.99 Å². The van der Waals surface area contributed by atoms with Crippen molar-refractivity contribution >= 4 is 47.6 Å². The number of hydrogen-bond acceptors (Lipinski definition) is 4. The molecule has 2 aliphatic rings. The molecule has 0 radical (unpaired) electrons. The summed E-state index contributed by atoms with van der Waals surface area (Å²) in [5, 5.41) is 3.37. The molecular weight excluding hydrogens is 439 g/mol. The van der Waals surface area contributed by atoms with Gasteiger partial charge in [-0.15, -0.1) is 24.0 Å². The molecule has 2 aliphatic heterocycles. The zero-order valence-corrected chi connectivity index (χ0v) is 18.0. The average Bonchev–Trinajstić information content (AvgIpc) is 3.12. The standard InChI is InChI=1S/C16H30N4O2S.HI/c1-3-17-16(18-7-5-13-23-2)20-10-8-19(9-11-20)15(21)14-6-4-12-22-14;/h14H,3-13H2,1-2H3,(H,17,18);1H. The largest absolute Gasteiger partial charge is 0.368 e. The Morgan fingerprint density at radius 3 is 2.58 bits per heavy atom. The molecule has 0 saturated carbocycles. The summed E-state index contributed by atoms with van der Waals surface area (Å²) in [6.07, 6.45) is 4.91. The molecule has 140 valence electrons. The molecule has 2 heterocycles. The van der Waals surface area contributed by atoms with Gasteiger partial charge in [0, 0.05) is 45.9 Å². The molecule has 1 N–H and O–H groups in total. The smallest absolute Gasteiger partial charge is 0.251 e. The number of amides is 1. The summed E-state index contributed by atoms with van der Waals surface area (Å²) in [6.45, 7) is 7.74. The van der Waals surface area contributed by atoms with Crippen molar-refractivity contribution in [3.63, 3.8) is 0 Å². The molecule has 2 rings (SSSR count). The SMILES string of the molecule is CCNC(=NCCCSC)N1CCN(C(=O)C2CCCO2)CC1.I. The van der Waals surface area contributed by atoms with E-state index in [-0.39, 0.29) is 36.0 Å². The molecule has 2 saturated heterocycles. The van der Waals surface area contributed by atoms with Crippen LogP contribution in [-0.4, -0.2) is 85.7 Å². The molecule has 2 fully saturated rings. The van der Waals surface area contributed by atoms with Crippen LogP contribution in [0.2, 0.25) is 0 Å². The lowest BCUT2D eigenvalue weighted by molar-refractivity contribution is -0.142. The van der Waals surface area contributed by atoms with Crippen LogP contribution < -0.4 is 5.32 Å². The second-order valence-corrected chi connectivity index (χ2v) is 6.88. The minimum Gasteiger partial charge on any atom is -0.368 e. The monoisotopic (exact) mass is 470 g/mol. The van der Waals surface area contributed by atoms with Gasteiger partial charge in [0.05, 0.1) is 0 Å². The lowest BCUT2D eigenvalue weighted by Crippen LogP contribution is -2.55. The van der Waals surface area contributed by atoms with Crippen molar-refractivity contribution in [2.45, 2.75) is 32.3 Å². The number of piperazine rings is 1. The van der Waals surface area contributed by atoms with Gasteiger partial charge in [-0.05, 0) is 38.2 Å². The van der Waals surface area contributed by atoms with Crippen molar-refractivity contribution in [2.75, 3.05) is 57.9 Å². The minimum atomic E-state index is -0.199. The van der Waals surface area contributed by atoms with E-state index in [0.29, 0.717) is 0 Å². The molecule has 1 amide bonds. The first-order chi connectivity index (χ1) is 11.3.